The molecule has 13 atom stereocenters. The van der Waals surface area contributed by atoms with Crippen molar-refractivity contribution < 1.29 is 49.4 Å². The molecule has 5 N–H and O–H groups in total. The van der Waals surface area contributed by atoms with E-state index in [0.717, 1.165) is 32.1 Å². The molecule has 0 aromatic heterocycles. The number of carboxylic acid groups (broad SMARTS) is 1. The summed E-state index contributed by atoms with van der Waals surface area (Å²) >= 11 is 0. The molecular weight excluding hydrogens is 484 g/mol. The molecule has 0 amide bonds. The van der Waals surface area contributed by atoms with Crippen LogP contribution in [0, 0.1) is 40.4 Å². The molecule has 5 rings (SSSR count). The highest BCUT2D eigenvalue weighted by molar-refractivity contribution is 5.88. The molecule has 4 aliphatic carbocycles. The molecule has 1 saturated heterocycles. The summed E-state index contributed by atoms with van der Waals surface area (Å²) in [6.07, 6.45) is -2.70. The molecule has 0 unspecified atom stereocenters. The van der Waals surface area contributed by atoms with Crippen LogP contribution in [0.4, 0.5) is 0 Å². The van der Waals surface area contributed by atoms with Crippen LogP contribution in [0.5, 0.6) is 0 Å². The number of hydrogen-bond donors (Lipinski definition) is 5. The summed E-state index contributed by atoms with van der Waals surface area (Å²) in [5.74, 6) is -1.01. The van der Waals surface area contributed by atoms with Crippen LogP contribution in [-0.2, 0) is 23.9 Å². The molecule has 5 aliphatic rings. The van der Waals surface area contributed by atoms with Crippen LogP contribution in [-0.4, -0.2) is 86.5 Å². The Morgan fingerprint density at radius 1 is 1.00 bits per heavy atom. The summed E-state index contributed by atoms with van der Waals surface area (Å²) < 4.78 is 11.3. The number of Topliss-reactive ketones (excluding diaryl/α,β-unsaturated/α-hetero) is 2. The van der Waals surface area contributed by atoms with Gasteiger partial charge in [-0.15, -0.1) is 0 Å². The minimum absolute atomic E-state index is 0.0851. The summed E-state index contributed by atoms with van der Waals surface area (Å²) in [6.45, 7) is 3.80. The van der Waals surface area contributed by atoms with Crippen LogP contribution in [0.3, 0.4) is 0 Å². The van der Waals surface area contributed by atoms with Crippen molar-refractivity contribution in [3.63, 3.8) is 0 Å². The summed E-state index contributed by atoms with van der Waals surface area (Å²) in [7, 11) is 0. The first kappa shape index (κ1) is 27.1. The van der Waals surface area contributed by atoms with Crippen molar-refractivity contribution in [3.05, 3.63) is 0 Å². The van der Waals surface area contributed by atoms with Crippen molar-refractivity contribution in [2.24, 2.45) is 40.4 Å². The summed E-state index contributed by atoms with van der Waals surface area (Å²) in [5, 5.41) is 49.2. The highest BCUT2D eigenvalue weighted by atomic mass is 16.7. The number of fused-ring (bicyclic) bond motifs is 5. The minimum Gasteiger partial charge on any atom is -0.479 e. The molecule has 10 heteroatoms. The molecule has 0 aromatic carbocycles. The number of carbonyl (C=O) groups is 3. The average molecular weight is 525 g/mol. The van der Waals surface area contributed by atoms with Crippen molar-refractivity contribution in [1.82, 2.24) is 0 Å². The molecule has 4 saturated carbocycles. The average Bonchev–Trinajstić information content (AvgIpc) is 3.19. The number of hydrogen-bond acceptors (Lipinski definition) is 9. The van der Waals surface area contributed by atoms with Gasteiger partial charge in [0.25, 0.3) is 0 Å². The number of ether oxygens (including phenoxy) is 2. The molecule has 0 radical (unpaired) electrons. The van der Waals surface area contributed by atoms with Gasteiger partial charge in [-0.25, -0.2) is 4.79 Å². The zero-order valence-corrected chi connectivity index (χ0v) is 21.5. The Balaban J connectivity index is 1.29. The molecule has 1 aliphatic heterocycles. The Morgan fingerprint density at radius 3 is 2.41 bits per heavy atom. The first-order valence-corrected chi connectivity index (χ1v) is 13.7. The molecule has 0 bridgehead atoms. The first-order valence-electron chi connectivity index (χ1n) is 13.7. The van der Waals surface area contributed by atoms with E-state index in [1.54, 1.807) is 0 Å². The predicted octanol–water partition coefficient (Wildman–Crippen LogP) is 0.663. The third kappa shape index (κ3) is 4.19. The maximum Gasteiger partial charge on any atom is 0.335 e. The second kappa shape index (κ2) is 9.64. The Bertz CT molecular complexity index is 938. The number of carboxylic acids is 1. The van der Waals surface area contributed by atoms with E-state index in [-0.39, 0.29) is 58.1 Å². The van der Waals surface area contributed by atoms with Crippen molar-refractivity contribution in [3.8, 4) is 0 Å². The lowest BCUT2D eigenvalue weighted by atomic mass is 9.44. The van der Waals surface area contributed by atoms with E-state index in [4.69, 9.17) is 9.47 Å². The highest BCUT2D eigenvalue weighted by Gasteiger charge is 2.64. The number of rotatable bonds is 5. The Morgan fingerprint density at radius 2 is 1.73 bits per heavy atom. The Labute approximate surface area is 216 Å². The zero-order chi connectivity index (χ0) is 26.9. The molecule has 10 nitrogen and oxygen atoms in total. The predicted molar refractivity (Wildman–Crippen MR) is 127 cm³/mol. The van der Waals surface area contributed by atoms with Crippen LogP contribution in [0.25, 0.3) is 0 Å². The third-order valence-corrected chi connectivity index (χ3v) is 11.0. The second-order valence-corrected chi connectivity index (χ2v) is 12.7. The van der Waals surface area contributed by atoms with E-state index in [0.29, 0.717) is 19.3 Å². The van der Waals surface area contributed by atoms with Gasteiger partial charge in [0.05, 0.1) is 6.10 Å². The molecule has 5 fully saturated rings. The van der Waals surface area contributed by atoms with E-state index in [2.05, 4.69) is 13.8 Å². The lowest BCUT2D eigenvalue weighted by Gasteiger charge is -2.60. The van der Waals surface area contributed by atoms with Crippen LogP contribution in [0.15, 0.2) is 0 Å². The van der Waals surface area contributed by atoms with Gasteiger partial charge in [-0.05, 0) is 73.5 Å². The summed E-state index contributed by atoms with van der Waals surface area (Å²) in [6, 6.07) is 0. The number of aliphatic hydroxyl groups excluding tert-OH is 4. The topological polar surface area (TPSA) is 171 Å². The quantitative estimate of drug-likeness (QED) is 0.322. The molecule has 208 valence electrons. The van der Waals surface area contributed by atoms with Gasteiger partial charge in [-0.3, -0.25) is 9.59 Å². The normalized spacial score (nSPS) is 51.6. The van der Waals surface area contributed by atoms with Gasteiger partial charge in [0, 0.05) is 18.3 Å². The van der Waals surface area contributed by atoms with Gasteiger partial charge in [-0.1, -0.05) is 13.8 Å². The van der Waals surface area contributed by atoms with E-state index in [9.17, 15) is 39.9 Å². The van der Waals surface area contributed by atoms with E-state index >= 15 is 0 Å². The number of carbonyl (C=O) groups excluding carboxylic acids is 2. The van der Waals surface area contributed by atoms with Gasteiger partial charge in [0.15, 0.2) is 18.2 Å². The van der Waals surface area contributed by atoms with Gasteiger partial charge in [-0.2, -0.15) is 0 Å². The maximum absolute atomic E-state index is 13.7. The molecule has 1 heterocycles. The monoisotopic (exact) mass is 524 g/mol. The van der Waals surface area contributed by atoms with E-state index in [1.165, 1.54) is 0 Å². The maximum atomic E-state index is 13.7. The van der Waals surface area contributed by atoms with E-state index < -0.39 is 43.3 Å². The van der Waals surface area contributed by atoms with Gasteiger partial charge in [0.1, 0.15) is 30.7 Å². The lowest BCUT2D eigenvalue weighted by Crippen LogP contribution is -2.61. The standard InChI is InChI=1S/C27H40O10/c1-26-8-7-13(36-25-22(33)20(31)21(32)23(37-25)24(34)35)9-12(26)3-4-14-15-5-6-16(18(30)11-28)27(15,2)10-17(29)19(14)26/h12-16,19-23,25,28,31-33H,3-11H2,1-2H3,(H,34,35)/t12-,13+,14-,15+,16+,19-,20-,21-,22+,23-,25+,26-,27-/m0/s1. The Hall–Kier alpha value is -1.43. The van der Waals surface area contributed by atoms with Crippen LogP contribution in [0.1, 0.15) is 65.2 Å². The molecule has 37 heavy (non-hydrogen) atoms. The smallest absolute Gasteiger partial charge is 0.335 e. The SMILES string of the molecule is C[C@]12CC[C@@H](O[C@@H]3O[C@H](C(=O)O)[C@@H](O)[C@H](O)[C@H]3O)C[C@@H]1CC[C@H]1[C@H]3CC[C@H](C(=O)CO)[C@@]3(C)CC(=O)[C@H]12. The second-order valence-electron chi connectivity index (χ2n) is 12.7. The van der Waals surface area contributed by atoms with Crippen LogP contribution < -0.4 is 0 Å². The highest BCUT2D eigenvalue weighted by Crippen LogP contribution is 2.66. The van der Waals surface area contributed by atoms with Gasteiger partial charge < -0.3 is 35.0 Å². The zero-order valence-electron chi connectivity index (χ0n) is 21.5. The number of aliphatic hydroxyl groups is 4. The molecular formula is C27H40O10. The fourth-order valence-corrected chi connectivity index (χ4v) is 9.15. The largest absolute Gasteiger partial charge is 0.479 e. The van der Waals surface area contributed by atoms with Crippen LogP contribution in [0.2, 0.25) is 0 Å². The fraction of sp³-hybridized carbons (Fsp3) is 0.889. The Kier molecular flexibility index (Phi) is 7.07. The first-order chi connectivity index (χ1) is 17.4. The van der Waals surface area contributed by atoms with Crippen molar-refractivity contribution in [2.45, 2.75) is 102 Å². The number of aliphatic carboxylic acids is 1. The van der Waals surface area contributed by atoms with Crippen molar-refractivity contribution in [1.29, 1.82) is 0 Å². The molecule has 0 spiro atoms. The summed E-state index contributed by atoms with van der Waals surface area (Å²) in [5.41, 5.74) is -0.603. The number of ketones is 2. The minimum atomic E-state index is -1.76. The van der Waals surface area contributed by atoms with Crippen molar-refractivity contribution >= 4 is 17.5 Å². The third-order valence-electron chi connectivity index (χ3n) is 11.0. The van der Waals surface area contributed by atoms with Gasteiger partial charge >= 0.3 is 5.97 Å². The van der Waals surface area contributed by atoms with E-state index in [1.807, 2.05) is 0 Å². The molecule has 0 aromatic rings. The van der Waals surface area contributed by atoms with Crippen LogP contribution >= 0.6 is 0 Å². The lowest BCUT2D eigenvalue weighted by molar-refractivity contribution is -0.309. The van der Waals surface area contributed by atoms with Crippen molar-refractivity contribution in [2.75, 3.05) is 6.61 Å². The summed E-state index contributed by atoms with van der Waals surface area (Å²) in [4.78, 5) is 37.7. The van der Waals surface area contributed by atoms with Gasteiger partial charge in [0.2, 0.25) is 0 Å². The fourth-order valence-electron chi connectivity index (χ4n) is 9.15.